The molecule has 7 nitrogen and oxygen atoms in total. The molecule has 2 N–H and O–H groups in total. The Hall–Kier alpha value is -2.41. The second kappa shape index (κ2) is 7.92. The van der Waals surface area contributed by atoms with E-state index in [1.807, 2.05) is 0 Å². The third kappa shape index (κ3) is 4.55. The molecule has 0 bridgehead atoms. The van der Waals surface area contributed by atoms with Crippen molar-refractivity contribution >= 4 is 17.7 Å². The number of rotatable bonds is 7. The molecule has 0 aliphatic carbocycles. The number of hydrogen-bond donors (Lipinski definition) is 2. The zero-order valence-electron chi connectivity index (χ0n) is 13.5. The van der Waals surface area contributed by atoms with Crippen LogP contribution in [0.5, 0.6) is 5.75 Å². The van der Waals surface area contributed by atoms with E-state index in [1.54, 1.807) is 24.3 Å². The molecule has 0 aromatic heterocycles. The second-order valence-corrected chi connectivity index (χ2v) is 5.85. The lowest BCUT2D eigenvalue weighted by Crippen LogP contribution is -2.47. The average molecular weight is 335 g/mol. The van der Waals surface area contributed by atoms with Crippen LogP contribution >= 0.6 is 0 Å². The number of amides is 1. The van der Waals surface area contributed by atoms with Crippen LogP contribution in [0, 0.1) is 5.41 Å². The quantitative estimate of drug-likeness (QED) is 0.728. The molecule has 24 heavy (non-hydrogen) atoms. The minimum Gasteiger partial charge on any atom is -0.484 e. The Labute approximate surface area is 139 Å². The van der Waals surface area contributed by atoms with Gasteiger partial charge in [0, 0.05) is 25.3 Å². The Morgan fingerprint density at radius 1 is 1.29 bits per heavy atom. The van der Waals surface area contributed by atoms with Crippen molar-refractivity contribution in [2.45, 2.75) is 19.8 Å². The van der Waals surface area contributed by atoms with Gasteiger partial charge >= 0.3 is 5.97 Å². The van der Waals surface area contributed by atoms with Gasteiger partial charge in [0.15, 0.2) is 12.4 Å². The number of carbonyl (C=O) groups is 3. The first-order valence-electron chi connectivity index (χ1n) is 7.75. The molecule has 1 fully saturated rings. The smallest absolute Gasteiger partial charge is 0.311 e. The van der Waals surface area contributed by atoms with Gasteiger partial charge in [0.05, 0.1) is 5.41 Å². The topological polar surface area (TPSA) is 102 Å². The minimum absolute atomic E-state index is 0.0430. The highest BCUT2D eigenvalue weighted by Crippen LogP contribution is 2.30. The second-order valence-electron chi connectivity index (χ2n) is 5.85. The fraction of sp³-hybridized carbons (Fsp3) is 0.471. The molecule has 0 spiro atoms. The molecule has 0 atom stereocenters. The molecular weight excluding hydrogens is 314 g/mol. The van der Waals surface area contributed by atoms with Crippen molar-refractivity contribution in [2.24, 2.45) is 5.41 Å². The lowest BCUT2D eigenvalue weighted by molar-refractivity contribution is -0.154. The summed E-state index contributed by atoms with van der Waals surface area (Å²) >= 11 is 0. The van der Waals surface area contributed by atoms with Crippen LogP contribution in [0.15, 0.2) is 24.3 Å². The fourth-order valence-corrected chi connectivity index (χ4v) is 2.50. The fourth-order valence-electron chi connectivity index (χ4n) is 2.50. The van der Waals surface area contributed by atoms with Gasteiger partial charge in [0.1, 0.15) is 5.75 Å². The lowest BCUT2D eigenvalue weighted by atomic mass is 9.80. The van der Waals surface area contributed by atoms with Crippen LogP contribution in [0.3, 0.4) is 0 Å². The molecule has 1 aliphatic heterocycles. The highest BCUT2D eigenvalue weighted by Gasteiger charge is 2.40. The number of aliphatic carboxylic acids is 1. The van der Waals surface area contributed by atoms with Crippen molar-refractivity contribution in [3.63, 3.8) is 0 Å². The van der Waals surface area contributed by atoms with Crippen molar-refractivity contribution in [1.82, 2.24) is 5.32 Å². The molecule has 1 aliphatic rings. The Morgan fingerprint density at radius 3 is 2.62 bits per heavy atom. The molecule has 2 rings (SSSR count). The van der Waals surface area contributed by atoms with Crippen molar-refractivity contribution in [2.75, 3.05) is 26.4 Å². The first kappa shape index (κ1) is 17.9. The Bertz CT molecular complexity index is 621. The maximum absolute atomic E-state index is 11.9. The zero-order chi connectivity index (χ0) is 17.6. The summed E-state index contributed by atoms with van der Waals surface area (Å²) in [7, 11) is 0. The van der Waals surface area contributed by atoms with Gasteiger partial charge < -0.3 is 19.9 Å². The molecule has 1 aromatic carbocycles. The number of ketones is 1. The van der Waals surface area contributed by atoms with Gasteiger partial charge in [0.2, 0.25) is 0 Å². The summed E-state index contributed by atoms with van der Waals surface area (Å²) in [6.07, 6.45) is 0.730. The summed E-state index contributed by atoms with van der Waals surface area (Å²) in [5, 5.41) is 12.0. The predicted molar refractivity (Wildman–Crippen MR) is 85.1 cm³/mol. The maximum atomic E-state index is 11.9. The van der Waals surface area contributed by atoms with Gasteiger partial charge in [0.25, 0.3) is 5.91 Å². The maximum Gasteiger partial charge on any atom is 0.311 e. The number of nitrogens with one attached hydrogen (secondary N) is 1. The standard InChI is InChI=1S/C17H21NO6/c1-12(19)13-3-2-4-14(9-13)24-10-15(20)18-11-17(16(21)22)5-7-23-8-6-17/h2-4,9H,5-8,10-11H2,1H3,(H,18,20)(H,21,22). The summed E-state index contributed by atoms with van der Waals surface area (Å²) in [6.45, 7) is 1.99. The summed E-state index contributed by atoms with van der Waals surface area (Å²) in [4.78, 5) is 34.7. The molecular formula is C17H21NO6. The zero-order valence-corrected chi connectivity index (χ0v) is 13.5. The van der Waals surface area contributed by atoms with E-state index >= 15 is 0 Å². The van der Waals surface area contributed by atoms with Crippen molar-refractivity contribution < 1.29 is 29.0 Å². The van der Waals surface area contributed by atoms with Gasteiger partial charge in [-0.2, -0.15) is 0 Å². The van der Waals surface area contributed by atoms with E-state index in [0.717, 1.165) is 0 Å². The summed E-state index contributed by atoms with van der Waals surface area (Å²) < 4.78 is 10.5. The molecule has 7 heteroatoms. The number of ether oxygens (including phenoxy) is 2. The van der Waals surface area contributed by atoms with E-state index in [4.69, 9.17) is 9.47 Å². The predicted octanol–water partition coefficient (Wildman–Crippen LogP) is 1.27. The number of carboxylic acids is 1. The normalized spacial score (nSPS) is 16.2. The van der Waals surface area contributed by atoms with Crippen LogP contribution in [-0.4, -0.2) is 49.1 Å². The third-order valence-corrected chi connectivity index (χ3v) is 4.14. The summed E-state index contributed by atoms with van der Waals surface area (Å²) in [6, 6.07) is 6.55. The van der Waals surface area contributed by atoms with E-state index in [9.17, 15) is 19.5 Å². The van der Waals surface area contributed by atoms with Crippen molar-refractivity contribution in [3.8, 4) is 5.75 Å². The Balaban J connectivity index is 1.86. The molecule has 0 radical (unpaired) electrons. The molecule has 1 aromatic rings. The van der Waals surface area contributed by atoms with Gasteiger partial charge in [-0.1, -0.05) is 12.1 Å². The van der Waals surface area contributed by atoms with E-state index in [0.29, 0.717) is 37.4 Å². The lowest BCUT2D eigenvalue weighted by Gasteiger charge is -2.33. The highest BCUT2D eigenvalue weighted by atomic mass is 16.5. The number of hydrogen-bond acceptors (Lipinski definition) is 5. The van der Waals surface area contributed by atoms with Gasteiger partial charge in [-0.15, -0.1) is 0 Å². The van der Waals surface area contributed by atoms with Crippen LogP contribution in [0.25, 0.3) is 0 Å². The molecule has 1 saturated heterocycles. The number of carbonyl (C=O) groups excluding carboxylic acids is 2. The summed E-state index contributed by atoms with van der Waals surface area (Å²) in [5.41, 5.74) is -0.484. The number of Topliss-reactive ketones (excluding diaryl/α,β-unsaturated/α-hetero) is 1. The van der Waals surface area contributed by atoms with E-state index in [2.05, 4.69) is 5.32 Å². The van der Waals surface area contributed by atoms with E-state index in [1.165, 1.54) is 6.92 Å². The van der Waals surface area contributed by atoms with Crippen molar-refractivity contribution in [1.29, 1.82) is 0 Å². The third-order valence-electron chi connectivity index (χ3n) is 4.14. The van der Waals surface area contributed by atoms with E-state index < -0.39 is 17.3 Å². The van der Waals surface area contributed by atoms with Gasteiger partial charge in [-0.05, 0) is 31.9 Å². The molecule has 1 heterocycles. The first-order chi connectivity index (χ1) is 11.4. The number of benzene rings is 1. The first-order valence-corrected chi connectivity index (χ1v) is 7.75. The van der Waals surface area contributed by atoms with Crippen molar-refractivity contribution in [3.05, 3.63) is 29.8 Å². The van der Waals surface area contributed by atoms with Gasteiger partial charge in [-0.25, -0.2) is 0 Å². The molecule has 130 valence electrons. The van der Waals surface area contributed by atoms with E-state index in [-0.39, 0.29) is 18.9 Å². The minimum atomic E-state index is -0.984. The Kier molecular flexibility index (Phi) is 5.92. The largest absolute Gasteiger partial charge is 0.484 e. The van der Waals surface area contributed by atoms with Crippen LogP contribution in [-0.2, 0) is 14.3 Å². The van der Waals surface area contributed by atoms with Crippen LogP contribution < -0.4 is 10.1 Å². The number of carboxylic acid groups (broad SMARTS) is 1. The Morgan fingerprint density at radius 2 is 2.00 bits per heavy atom. The average Bonchev–Trinajstić information content (AvgIpc) is 2.59. The van der Waals surface area contributed by atoms with Crippen LogP contribution in [0.2, 0.25) is 0 Å². The summed E-state index contributed by atoms with van der Waals surface area (Å²) in [5.74, 6) is -1.01. The molecule has 1 amide bonds. The molecule has 0 saturated carbocycles. The molecule has 0 unspecified atom stereocenters. The van der Waals surface area contributed by atoms with Gasteiger partial charge in [-0.3, -0.25) is 14.4 Å². The van der Waals surface area contributed by atoms with Crippen LogP contribution in [0.1, 0.15) is 30.1 Å². The SMILES string of the molecule is CC(=O)c1cccc(OCC(=O)NCC2(C(=O)O)CCOCC2)c1. The van der Waals surface area contributed by atoms with Crippen LogP contribution in [0.4, 0.5) is 0 Å². The highest BCUT2D eigenvalue weighted by molar-refractivity contribution is 5.94. The monoisotopic (exact) mass is 335 g/mol.